The van der Waals surface area contributed by atoms with Crippen molar-refractivity contribution < 1.29 is 17.9 Å². The van der Waals surface area contributed by atoms with Crippen LogP contribution < -0.4 is 9.46 Å². The van der Waals surface area contributed by atoms with Gasteiger partial charge in [-0.3, -0.25) is 4.79 Å². The first-order valence-electron chi connectivity index (χ1n) is 12.1. The van der Waals surface area contributed by atoms with Crippen LogP contribution in [0.4, 0.5) is 0 Å². The lowest BCUT2D eigenvalue weighted by atomic mass is 9.94. The normalized spacial score (nSPS) is 11.2. The van der Waals surface area contributed by atoms with Crippen molar-refractivity contribution in [2.45, 2.75) is 31.1 Å². The van der Waals surface area contributed by atoms with Crippen molar-refractivity contribution in [3.8, 4) is 16.9 Å². The zero-order valence-electron chi connectivity index (χ0n) is 20.5. The smallest absolute Gasteiger partial charge is 0.265 e. The van der Waals surface area contributed by atoms with Gasteiger partial charge in [0.15, 0.2) is 0 Å². The van der Waals surface area contributed by atoms with Gasteiger partial charge < -0.3 is 4.74 Å². The average molecular weight is 579 g/mol. The van der Waals surface area contributed by atoms with E-state index in [9.17, 15) is 13.2 Å². The molecule has 0 aliphatic heterocycles. The summed E-state index contributed by atoms with van der Waals surface area (Å²) in [5, 5.41) is 0. The molecule has 0 fully saturated rings. The number of sulfonamides is 1. The number of benzene rings is 4. The molecule has 0 heterocycles. The van der Waals surface area contributed by atoms with E-state index in [0.29, 0.717) is 29.5 Å². The molecule has 0 saturated heterocycles. The molecule has 190 valence electrons. The summed E-state index contributed by atoms with van der Waals surface area (Å²) >= 11 is 3.26. The number of halogens is 1. The Labute approximate surface area is 226 Å². The SMILES string of the molecule is CCCOc1ccccc1-c1ccc(C(=O)NS(=O)(=O)c2ccccc2Br)c(CCc2ccccc2)c1. The van der Waals surface area contributed by atoms with Crippen molar-refractivity contribution in [2.75, 3.05) is 6.61 Å². The summed E-state index contributed by atoms with van der Waals surface area (Å²) in [6.07, 6.45) is 2.16. The Morgan fingerprint density at radius 2 is 1.57 bits per heavy atom. The number of hydrogen-bond donors (Lipinski definition) is 1. The third-order valence-corrected chi connectivity index (χ3v) is 8.23. The molecule has 0 aromatic heterocycles. The molecule has 0 aliphatic carbocycles. The summed E-state index contributed by atoms with van der Waals surface area (Å²) < 4.78 is 34.5. The van der Waals surface area contributed by atoms with Crippen molar-refractivity contribution in [1.82, 2.24) is 4.72 Å². The fourth-order valence-corrected chi connectivity index (χ4v) is 6.02. The lowest BCUT2D eigenvalue weighted by molar-refractivity contribution is 0.0980. The van der Waals surface area contributed by atoms with Crippen LogP contribution in [-0.4, -0.2) is 20.9 Å². The van der Waals surface area contributed by atoms with Crippen LogP contribution in [0.2, 0.25) is 0 Å². The number of rotatable bonds is 10. The Hall–Kier alpha value is -3.42. The Bertz CT molecular complexity index is 1490. The number of carbonyl (C=O) groups excluding carboxylic acids is 1. The molecule has 1 N–H and O–H groups in total. The number of nitrogens with one attached hydrogen (secondary N) is 1. The van der Waals surface area contributed by atoms with E-state index < -0.39 is 15.9 Å². The summed E-state index contributed by atoms with van der Waals surface area (Å²) in [7, 11) is -4.07. The lowest BCUT2D eigenvalue weighted by Gasteiger charge is -2.15. The van der Waals surface area contributed by atoms with Gasteiger partial charge >= 0.3 is 0 Å². The van der Waals surface area contributed by atoms with Crippen molar-refractivity contribution in [2.24, 2.45) is 0 Å². The fourth-order valence-electron chi connectivity index (χ4n) is 4.05. The Balaban J connectivity index is 1.70. The highest BCUT2D eigenvalue weighted by Gasteiger charge is 2.23. The highest BCUT2D eigenvalue weighted by atomic mass is 79.9. The van der Waals surface area contributed by atoms with Crippen LogP contribution in [0.5, 0.6) is 5.75 Å². The lowest BCUT2D eigenvalue weighted by Crippen LogP contribution is -2.31. The topological polar surface area (TPSA) is 72.5 Å². The fraction of sp³-hybridized carbons (Fsp3) is 0.167. The van der Waals surface area contributed by atoms with Crippen LogP contribution in [0.25, 0.3) is 11.1 Å². The van der Waals surface area contributed by atoms with E-state index in [2.05, 4.69) is 27.6 Å². The molecule has 0 spiro atoms. The maximum atomic E-state index is 13.3. The molecule has 7 heteroatoms. The summed E-state index contributed by atoms with van der Waals surface area (Å²) in [6.45, 7) is 2.66. The standard InChI is InChI=1S/C30H28BrNO4S/c1-2-20-36-28-14-8-6-12-25(28)23-18-19-26(24(21-23)17-16-22-10-4-3-5-11-22)30(33)32-37(34,35)29-15-9-7-13-27(29)31/h3-15,18-19,21H,2,16-17,20H2,1H3,(H,32,33). The molecule has 37 heavy (non-hydrogen) atoms. The summed E-state index contributed by atoms with van der Waals surface area (Å²) in [5.74, 6) is 0.105. The van der Waals surface area contributed by atoms with E-state index in [1.54, 1.807) is 24.3 Å². The van der Waals surface area contributed by atoms with Gasteiger partial charge in [-0.15, -0.1) is 0 Å². The minimum Gasteiger partial charge on any atom is -0.493 e. The minimum absolute atomic E-state index is 0.00723. The van der Waals surface area contributed by atoms with Gasteiger partial charge in [0.25, 0.3) is 15.9 Å². The number of amides is 1. The second kappa shape index (κ2) is 12.2. The zero-order chi connectivity index (χ0) is 26.3. The second-order valence-corrected chi connectivity index (χ2v) is 11.1. The van der Waals surface area contributed by atoms with Crippen molar-refractivity contribution in [3.05, 3.63) is 118 Å². The van der Waals surface area contributed by atoms with Crippen LogP contribution in [0, 0.1) is 0 Å². The predicted molar refractivity (Wildman–Crippen MR) is 150 cm³/mol. The van der Waals surface area contributed by atoms with Crippen LogP contribution >= 0.6 is 15.9 Å². The molecular weight excluding hydrogens is 550 g/mol. The van der Waals surface area contributed by atoms with E-state index >= 15 is 0 Å². The third-order valence-electron chi connectivity index (χ3n) is 5.89. The van der Waals surface area contributed by atoms with Crippen LogP contribution in [0.3, 0.4) is 0 Å². The monoisotopic (exact) mass is 577 g/mol. The molecular formula is C30H28BrNO4S. The van der Waals surface area contributed by atoms with Crippen LogP contribution in [0.1, 0.15) is 34.8 Å². The number of carbonyl (C=O) groups is 1. The molecule has 0 saturated carbocycles. The maximum absolute atomic E-state index is 13.3. The molecule has 0 radical (unpaired) electrons. The van der Waals surface area contributed by atoms with E-state index in [-0.39, 0.29) is 4.90 Å². The van der Waals surface area contributed by atoms with Gasteiger partial charge in [-0.1, -0.05) is 79.7 Å². The first kappa shape index (κ1) is 26.6. The maximum Gasteiger partial charge on any atom is 0.265 e. The second-order valence-electron chi connectivity index (χ2n) is 8.57. The minimum atomic E-state index is -4.07. The average Bonchev–Trinajstić information content (AvgIpc) is 2.91. The highest BCUT2D eigenvalue weighted by molar-refractivity contribution is 9.10. The number of hydrogen-bond acceptors (Lipinski definition) is 4. The van der Waals surface area contributed by atoms with Gasteiger partial charge in [-0.25, -0.2) is 13.1 Å². The summed E-state index contributed by atoms with van der Waals surface area (Å²) in [4.78, 5) is 13.3. The number of para-hydroxylation sites is 1. The van der Waals surface area contributed by atoms with Gasteiger partial charge in [0.1, 0.15) is 10.6 Å². The van der Waals surface area contributed by atoms with E-state index in [4.69, 9.17) is 4.74 Å². The van der Waals surface area contributed by atoms with Crippen molar-refractivity contribution >= 4 is 31.9 Å². The summed E-state index contributed by atoms with van der Waals surface area (Å²) in [6, 6.07) is 29.7. The number of ether oxygens (including phenoxy) is 1. The Kier molecular flexibility index (Phi) is 8.79. The molecule has 0 bridgehead atoms. The van der Waals surface area contributed by atoms with Crippen molar-refractivity contribution in [3.63, 3.8) is 0 Å². The van der Waals surface area contributed by atoms with Gasteiger partial charge in [-0.2, -0.15) is 0 Å². The molecule has 1 amide bonds. The zero-order valence-corrected chi connectivity index (χ0v) is 22.9. The largest absolute Gasteiger partial charge is 0.493 e. The molecule has 0 atom stereocenters. The van der Waals surface area contributed by atoms with Gasteiger partial charge in [0, 0.05) is 15.6 Å². The van der Waals surface area contributed by atoms with Crippen LogP contribution in [0.15, 0.2) is 106 Å². The van der Waals surface area contributed by atoms with Gasteiger partial charge in [0.2, 0.25) is 0 Å². The molecule has 4 rings (SSSR count). The quantitative estimate of drug-likeness (QED) is 0.225. The third kappa shape index (κ3) is 6.67. The Morgan fingerprint density at radius 3 is 2.32 bits per heavy atom. The van der Waals surface area contributed by atoms with E-state index in [1.807, 2.05) is 66.7 Å². The first-order valence-corrected chi connectivity index (χ1v) is 14.4. The highest BCUT2D eigenvalue weighted by Crippen LogP contribution is 2.32. The molecule has 0 unspecified atom stereocenters. The molecule has 4 aromatic rings. The van der Waals surface area contributed by atoms with Gasteiger partial charge in [-0.05, 0) is 76.1 Å². The Morgan fingerprint density at radius 1 is 0.865 bits per heavy atom. The van der Waals surface area contributed by atoms with Gasteiger partial charge in [0.05, 0.1) is 6.61 Å². The molecule has 5 nitrogen and oxygen atoms in total. The predicted octanol–water partition coefficient (Wildman–Crippen LogP) is 6.81. The molecule has 0 aliphatic rings. The van der Waals surface area contributed by atoms with E-state index in [1.165, 1.54) is 6.07 Å². The number of aryl methyl sites for hydroxylation is 2. The first-order chi connectivity index (χ1) is 17.9. The molecule has 4 aromatic carbocycles. The van der Waals surface area contributed by atoms with Crippen molar-refractivity contribution in [1.29, 1.82) is 0 Å². The van der Waals surface area contributed by atoms with Crippen LogP contribution in [-0.2, 0) is 22.9 Å². The van der Waals surface area contributed by atoms with E-state index in [0.717, 1.165) is 34.4 Å². The summed E-state index contributed by atoms with van der Waals surface area (Å²) in [5.41, 5.74) is 4.03.